The second-order valence-corrected chi connectivity index (χ2v) is 8.24. The smallest absolute Gasteiger partial charge is 0.165 e. The lowest BCUT2D eigenvalue weighted by molar-refractivity contribution is -0.115. The maximum absolute atomic E-state index is 10.7. The Balaban J connectivity index is 1.55. The minimum absolute atomic E-state index is 0.167. The van der Waals surface area contributed by atoms with Gasteiger partial charge in [0.05, 0.1) is 11.1 Å². The van der Waals surface area contributed by atoms with Crippen LogP contribution in [-0.2, 0) is 4.79 Å². The molecule has 1 aliphatic rings. The fourth-order valence-corrected chi connectivity index (χ4v) is 4.21. The Bertz CT molecular complexity index is 1050. The molecule has 162 valence electrons. The Hall–Kier alpha value is -3.03. The molecule has 31 heavy (non-hydrogen) atoms. The maximum Gasteiger partial charge on any atom is 0.165 e. The summed E-state index contributed by atoms with van der Waals surface area (Å²) in [4.78, 5) is 24.9. The molecule has 0 radical (unpaired) electrons. The zero-order valence-corrected chi connectivity index (χ0v) is 17.7. The lowest BCUT2D eigenvalue weighted by atomic mass is 10.0. The molecule has 1 fully saturated rings. The highest BCUT2D eigenvalue weighted by Gasteiger charge is 2.23. The third-order valence-corrected chi connectivity index (χ3v) is 5.77. The summed E-state index contributed by atoms with van der Waals surface area (Å²) < 4.78 is 0. The number of aliphatic hydroxyl groups is 1. The van der Waals surface area contributed by atoms with Crippen LogP contribution < -0.4 is 4.90 Å². The van der Waals surface area contributed by atoms with Crippen molar-refractivity contribution in [3.63, 3.8) is 0 Å². The first-order chi connectivity index (χ1) is 15.0. The quantitative estimate of drug-likeness (QED) is 0.568. The van der Waals surface area contributed by atoms with Crippen LogP contribution in [0.1, 0.15) is 13.3 Å². The number of phenols is 1. The van der Waals surface area contributed by atoms with Crippen LogP contribution >= 0.6 is 0 Å². The van der Waals surface area contributed by atoms with Crippen molar-refractivity contribution in [1.29, 1.82) is 0 Å². The third-order valence-electron chi connectivity index (χ3n) is 5.77. The average Bonchev–Trinajstić information content (AvgIpc) is 2.79. The third kappa shape index (κ3) is 4.84. The summed E-state index contributed by atoms with van der Waals surface area (Å²) in [7, 11) is 0. The topological polar surface area (TPSA) is 89.8 Å². The van der Waals surface area contributed by atoms with E-state index in [2.05, 4.69) is 16.7 Å². The lowest BCUT2D eigenvalue weighted by Gasteiger charge is -2.37. The number of carbonyl (C=O) groups is 1. The standard InChI is InChI=1S/C24H28N4O3/c1-17(14-18(30)16-29)15-27-10-12-28(13-11-27)24-19-6-2-4-8-21(19)25-23(26-24)20-7-3-5-9-22(20)31/h2-9,16-18,30-31H,10-15H2,1H3. The number of piperazine rings is 1. The van der Waals surface area contributed by atoms with E-state index in [9.17, 15) is 15.0 Å². The van der Waals surface area contributed by atoms with E-state index in [1.807, 2.05) is 36.4 Å². The molecular weight excluding hydrogens is 392 g/mol. The minimum Gasteiger partial charge on any atom is -0.507 e. The van der Waals surface area contributed by atoms with Crippen LogP contribution in [0, 0.1) is 5.92 Å². The summed E-state index contributed by atoms with van der Waals surface area (Å²) in [6, 6.07) is 15.1. The van der Waals surface area contributed by atoms with E-state index in [1.165, 1.54) is 0 Å². The van der Waals surface area contributed by atoms with Crippen LogP contribution in [0.4, 0.5) is 5.82 Å². The molecule has 1 saturated heterocycles. The number of aldehydes is 1. The minimum atomic E-state index is -0.878. The van der Waals surface area contributed by atoms with Gasteiger partial charge in [-0.1, -0.05) is 31.2 Å². The highest BCUT2D eigenvalue weighted by atomic mass is 16.3. The molecule has 1 aromatic heterocycles. The number of anilines is 1. The Labute approximate surface area is 182 Å². The van der Waals surface area contributed by atoms with Crippen LogP contribution in [0.3, 0.4) is 0 Å². The number of phenolic OH excluding ortho intramolecular Hbond substituents is 1. The molecule has 0 aliphatic carbocycles. The van der Waals surface area contributed by atoms with Crippen molar-refractivity contribution in [1.82, 2.24) is 14.9 Å². The number of carbonyl (C=O) groups excluding carboxylic acids is 1. The van der Waals surface area contributed by atoms with Gasteiger partial charge in [-0.25, -0.2) is 9.97 Å². The van der Waals surface area contributed by atoms with Crippen LogP contribution in [0.5, 0.6) is 5.75 Å². The molecule has 2 unspecified atom stereocenters. The first kappa shape index (κ1) is 21.2. The Kier molecular flexibility index (Phi) is 6.44. The van der Waals surface area contributed by atoms with E-state index in [1.54, 1.807) is 12.1 Å². The predicted octanol–water partition coefficient (Wildman–Crippen LogP) is 2.71. The monoisotopic (exact) mass is 420 g/mol. The number of rotatable bonds is 7. The Morgan fingerprint density at radius 1 is 1.03 bits per heavy atom. The van der Waals surface area contributed by atoms with Gasteiger partial charge in [0.15, 0.2) is 5.82 Å². The number of hydrogen-bond acceptors (Lipinski definition) is 7. The van der Waals surface area contributed by atoms with Gasteiger partial charge < -0.3 is 19.9 Å². The first-order valence-corrected chi connectivity index (χ1v) is 10.7. The number of hydrogen-bond donors (Lipinski definition) is 2. The van der Waals surface area contributed by atoms with Crippen molar-refractivity contribution < 1.29 is 15.0 Å². The molecule has 7 heteroatoms. The molecule has 0 bridgehead atoms. The van der Waals surface area contributed by atoms with Gasteiger partial charge in [0.1, 0.15) is 24.0 Å². The van der Waals surface area contributed by atoms with E-state index >= 15 is 0 Å². The van der Waals surface area contributed by atoms with E-state index < -0.39 is 6.10 Å². The van der Waals surface area contributed by atoms with Gasteiger partial charge in [-0.2, -0.15) is 0 Å². The second-order valence-electron chi connectivity index (χ2n) is 8.24. The normalized spacial score (nSPS) is 16.9. The average molecular weight is 421 g/mol. The number of aliphatic hydroxyl groups excluding tert-OH is 1. The van der Waals surface area contributed by atoms with Crippen molar-refractivity contribution in [3.8, 4) is 17.1 Å². The van der Waals surface area contributed by atoms with Crippen molar-refractivity contribution in [2.45, 2.75) is 19.4 Å². The Morgan fingerprint density at radius 3 is 2.48 bits per heavy atom. The number of aromatic nitrogens is 2. The number of aromatic hydroxyl groups is 1. The fourth-order valence-electron chi connectivity index (χ4n) is 4.21. The van der Waals surface area contributed by atoms with E-state index in [0.29, 0.717) is 24.1 Å². The number of benzene rings is 2. The van der Waals surface area contributed by atoms with Crippen molar-refractivity contribution in [2.24, 2.45) is 5.92 Å². The second kappa shape index (κ2) is 9.41. The largest absolute Gasteiger partial charge is 0.507 e. The highest BCUT2D eigenvalue weighted by molar-refractivity contribution is 5.91. The van der Waals surface area contributed by atoms with Crippen molar-refractivity contribution >= 4 is 23.0 Å². The van der Waals surface area contributed by atoms with Crippen molar-refractivity contribution in [3.05, 3.63) is 48.5 Å². The van der Waals surface area contributed by atoms with E-state index in [4.69, 9.17) is 9.97 Å². The summed E-state index contributed by atoms with van der Waals surface area (Å²) in [6.07, 6.45) is 0.220. The van der Waals surface area contributed by atoms with Gasteiger partial charge >= 0.3 is 0 Å². The summed E-state index contributed by atoms with van der Waals surface area (Å²) in [5, 5.41) is 20.9. The molecule has 0 saturated carbocycles. The van der Waals surface area contributed by atoms with Crippen molar-refractivity contribution in [2.75, 3.05) is 37.6 Å². The zero-order chi connectivity index (χ0) is 21.8. The van der Waals surface area contributed by atoms with Crippen LogP contribution in [-0.4, -0.2) is 70.2 Å². The maximum atomic E-state index is 10.7. The predicted molar refractivity (Wildman–Crippen MR) is 121 cm³/mol. The molecule has 2 N–H and O–H groups in total. The molecule has 3 aromatic rings. The van der Waals surface area contributed by atoms with E-state index in [0.717, 1.165) is 49.4 Å². The fraction of sp³-hybridized carbons (Fsp3) is 0.375. The van der Waals surface area contributed by atoms with Gasteiger partial charge in [0, 0.05) is 38.1 Å². The number of fused-ring (bicyclic) bond motifs is 1. The molecule has 2 heterocycles. The summed E-state index contributed by atoms with van der Waals surface area (Å²) in [5.74, 6) is 1.82. The van der Waals surface area contributed by atoms with Crippen LogP contribution in [0.25, 0.3) is 22.3 Å². The summed E-state index contributed by atoms with van der Waals surface area (Å²) in [6.45, 7) is 6.33. The molecule has 2 aromatic carbocycles. The SMILES string of the molecule is CC(CC(O)C=O)CN1CCN(c2nc(-c3ccccc3O)nc3ccccc23)CC1. The molecule has 1 aliphatic heterocycles. The van der Waals surface area contributed by atoms with Crippen LogP contribution in [0.2, 0.25) is 0 Å². The molecule has 4 rings (SSSR count). The molecule has 0 amide bonds. The zero-order valence-electron chi connectivity index (χ0n) is 17.7. The number of para-hydroxylation sites is 2. The number of nitrogens with zero attached hydrogens (tertiary/aromatic N) is 4. The van der Waals surface area contributed by atoms with E-state index in [-0.39, 0.29) is 11.7 Å². The Morgan fingerprint density at radius 2 is 1.74 bits per heavy atom. The van der Waals surface area contributed by atoms with Gasteiger partial charge in [-0.3, -0.25) is 4.90 Å². The molecule has 7 nitrogen and oxygen atoms in total. The summed E-state index contributed by atoms with van der Waals surface area (Å²) in [5.41, 5.74) is 1.47. The van der Waals surface area contributed by atoms with Gasteiger partial charge in [-0.15, -0.1) is 0 Å². The van der Waals surface area contributed by atoms with Gasteiger partial charge in [-0.05, 0) is 36.6 Å². The first-order valence-electron chi connectivity index (χ1n) is 10.7. The molecule has 2 atom stereocenters. The lowest BCUT2D eigenvalue weighted by Crippen LogP contribution is -2.48. The molecule has 0 spiro atoms. The van der Waals surface area contributed by atoms with Gasteiger partial charge in [0.2, 0.25) is 0 Å². The van der Waals surface area contributed by atoms with Crippen LogP contribution in [0.15, 0.2) is 48.5 Å². The molecular formula is C24H28N4O3. The summed E-state index contributed by atoms with van der Waals surface area (Å²) >= 11 is 0. The highest BCUT2D eigenvalue weighted by Crippen LogP contribution is 2.31. The van der Waals surface area contributed by atoms with Gasteiger partial charge in [0.25, 0.3) is 0 Å².